The molecule has 31 heavy (non-hydrogen) atoms. The van der Waals surface area contributed by atoms with Crippen LogP contribution in [0, 0.1) is 0 Å². The van der Waals surface area contributed by atoms with E-state index in [1.807, 2.05) is 6.92 Å². The van der Waals surface area contributed by atoms with Gasteiger partial charge in [-0.1, -0.05) is 6.07 Å². The number of aromatic nitrogens is 2. The monoisotopic (exact) mass is 444 g/mol. The molecule has 2 aromatic rings. The minimum atomic E-state index is -0.528. The van der Waals surface area contributed by atoms with Crippen molar-refractivity contribution in [3.05, 3.63) is 56.8 Å². The predicted octanol–water partition coefficient (Wildman–Crippen LogP) is 1.64. The van der Waals surface area contributed by atoms with Gasteiger partial charge in [0.25, 0.3) is 22.6 Å². The van der Waals surface area contributed by atoms with E-state index in [0.29, 0.717) is 23.7 Å². The van der Waals surface area contributed by atoms with E-state index in [1.54, 1.807) is 24.3 Å². The average molecular weight is 444 g/mol. The van der Waals surface area contributed by atoms with Crippen LogP contribution in [-0.4, -0.2) is 59.0 Å². The van der Waals surface area contributed by atoms with Gasteiger partial charge in [0, 0.05) is 19.2 Å². The fraction of sp³-hybridized carbons (Fsp3) is 0.250. The van der Waals surface area contributed by atoms with E-state index in [9.17, 15) is 19.2 Å². The van der Waals surface area contributed by atoms with Crippen molar-refractivity contribution in [2.45, 2.75) is 6.92 Å². The van der Waals surface area contributed by atoms with Crippen LogP contribution in [0.5, 0.6) is 11.5 Å². The van der Waals surface area contributed by atoms with Gasteiger partial charge >= 0.3 is 0 Å². The van der Waals surface area contributed by atoms with Crippen LogP contribution in [0.4, 0.5) is 4.79 Å². The number of carbonyl (C=O) groups excluding carboxylic acids is 3. The van der Waals surface area contributed by atoms with Gasteiger partial charge in [-0.25, -0.2) is 5.10 Å². The van der Waals surface area contributed by atoms with Gasteiger partial charge in [0.2, 0.25) is 0 Å². The first-order chi connectivity index (χ1) is 14.9. The zero-order valence-electron chi connectivity index (χ0n) is 16.8. The van der Waals surface area contributed by atoms with Crippen LogP contribution in [0.3, 0.4) is 0 Å². The molecular weight excluding hydrogens is 424 g/mol. The number of hydrogen-bond acceptors (Lipinski definition) is 8. The second-order valence-corrected chi connectivity index (χ2v) is 7.23. The lowest BCUT2D eigenvalue weighted by Gasteiger charge is -2.12. The Balaban J connectivity index is 1.63. The Bertz CT molecular complexity index is 1080. The second-order valence-electron chi connectivity index (χ2n) is 6.24. The molecule has 0 radical (unpaired) electrons. The van der Waals surface area contributed by atoms with Crippen LogP contribution >= 0.6 is 11.8 Å². The van der Waals surface area contributed by atoms with Gasteiger partial charge < -0.3 is 14.8 Å². The number of aromatic amines is 1. The molecule has 0 atom stereocenters. The lowest BCUT2D eigenvalue weighted by Crippen LogP contribution is -2.37. The summed E-state index contributed by atoms with van der Waals surface area (Å²) in [5, 5.41) is 7.91. The lowest BCUT2D eigenvalue weighted by atomic mass is 10.2. The van der Waals surface area contributed by atoms with Crippen LogP contribution < -0.4 is 20.3 Å². The maximum atomic E-state index is 12.6. The fourth-order valence-electron chi connectivity index (χ4n) is 2.74. The van der Waals surface area contributed by atoms with Gasteiger partial charge in [0.15, 0.2) is 11.5 Å². The number of methoxy groups -OCH3 is 1. The van der Waals surface area contributed by atoms with Gasteiger partial charge in [0.1, 0.15) is 5.69 Å². The van der Waals surface area contributed by atoms with E-state index >= 15 is 0 Å². The molecule has 3 amide bonds. The normalized spacial score (nSPS) is 14.8. The molecule has 1 aromatic heterocycles. The number of benzene rings is 1. The zero-order valence-corrected chi connectivity index (χ0v) is 17.7. The van der Waals surface area contributed by atoms with Gasteiger partial charge in [-0.05, 0) is 48.5 Å². The summed E-state index contributed by atoms with van der Waals surface area (Å²) in [6.07, 6.45) is 1.60. The first-order valence-corrected chi connectivity index (χ1v) is 10.1. The lowest BCUT2D eigenvalue weighted by molar-refractivity contribution is -0.122. The van der Waals surface area contributed by atoms with E-state index in [1.165, 1.54) is 19.2 Å². The summed E-state index contributed by atoms with van der Waals surface area (Å²) in [5.74, 6) is 0.135. The van der Waals surface area contributed by atoms with E-state index in [-0.39, 0.29) is 23.7 Å². The van der Waals surface area contributed by atoms with Gasteiger partial charge in [-0.3, -0.25) is 24.1 Å². The molecule has 0 saturated carbocycles. The molecule has 1 aromatic carbocycles. The molecule has 0 unspecified atom stereocenters. The molecule has 1 aliphatic rings. The standard InChI is InChI=1S/C20H20N4O6S/c1-3-30-14-6-4-12(10-15(14)29-2)11-16-19(27)24(20(28)31-16)9-8-21-18(26)13-5-7-17(25)23-22-13/h4-7,10-11H,3,8-9H2,1-2H3,(H,21,26)(H,23,25). The van der Waals surface area contributed by atoms with Crippen molar-refractivity contribution in [1.29, 1.82) is 0 Å². The van der Waals surface area contributed by atoms with Gasteiger partial charge in [0.05, 0.1) is 18.6 Å². The number of rotatable bonds is 8. The molecule has 0 aliphatic carbocycles. The zero-order chi connectivity index (χ0) is 22.4. The summed E-state index contributed by atoms with van der Waals surface area (Å²) in [7, 11) is 1.52. The molecule has 11 heteroatoms. The van der Waals surface area contributed by atoms with E-state index in [4.69, 9.17) is 9.47 Å². The van der Waals surface area contributed by atoms with Crippen molar-refractivity contribution in [3.8, 4) is 11.5 Å². The number of thioether (sulfide) groups is 1. The van der Waals surface area contributed by atoms with E-state index in [0.717, 1.165) is 16.7 Å². The quantitative estimate of drug-likeness (QED) is 0.588. The van der Waals surface area contributed by atoms with Crippen molar-refractivity contribution in [1.82, 2.24) is 20.4 Å². The van der Waals surface area contributed by atoms with Crippen LogP contribution in [0.25, 0.3) is 6.08 Å². The fourth-order valence-corrected chi connectivity index (χ4v) is 3.60. The van der Waals surface area contributed by atoms with Crippen molar-refractivity contribution >= 4 is 34.9 Å². The third-order valence-electron chi connectivity index (χ3n) is 4.19. The molecule has 2 N–H and O–H groups in total. The molecule has 0 bridgehead atoms. The summed E-state index contributed by atoms with van der Waals surface area (Å²) >= 11 is 0.823. The maximum Gasteiger partial charge on any atom is 0.293 e. The Labute approximate surface area is 181 Å². The Hall–Kier alpha value is -3.60. The Morgan fingerprint density at radius 2 is 2.03 bits per heavy atom. The Morgan fingerprint density at radius 1 is 1.23 bits per heavy atom. The van der Waals surface area contributed by atoms with Crippen molar-refractivity contribution in [2.75, 3.05) is 26.8 Å². The van der Waals surface area contributed by atoms with Gasteiger partial charge in [-0.2, -0.15) is 5.10 Å². The number of nitrogens with zero attached hydrogens (tertiary/aromatic N) is 2. The molecule has 10 nitrogen and oxygen atoms in total. The highest BCUT2D eigenvalue weighted by atomic mass is 32.2. The van der Waals surface area contributed by atoms with Crippen molar-refractivity contribution in [2.24, 2.45) is 0 Å². The maximum absolute atomic E-state index is 12.6. The largest absolute Gasteiger partial charge is 0.493 e. The van der Waals surface area contributed by atoms with Gasteiger partial charge in [-0.15, -0.1) is 0 Å². The number of hydrogen-bond donors (Lipinski definition) is 2. The van der Waals surface area contributed by atoms with E-state index < -0.39 is 22.6 Å². The highest BCUT2D eigenvalue weighted by molar-refractivity contribution is 8.18. The highest BCUT2D eigenvalue weighted by Crippen LogP contribution is 2.34. The first kappa shape index (κ1) is 22.1. The predicted molar refractivity (Wildman–Crippen MR) is 114 cm³/mol. The van der Waals surface area contributed by atoms with Crippen LogP contribution in [0.15, 0.2) is 40.0 Å². The van der Waals surface area contributed by atoms with E-state index in [2.05, 4.69) is 15.5 Å². The number of carbonyl (C=O) groups is 3. The number of amides is 3. The minimum Gasteiger partial charge on any atom is -0.493 e. The topological polar surface area (TPSA) is 131 Å². The number of imide groups is 1. The SMILES string of the molecule is CCOc1ccc(C=C2SC(=O)N(CCNC(=O)c3ccc(=O)[nH]n3)C2=O)cc1OC. The summed E-state index contributed by atoms with van der Waals surface area (Å²) in [4.78, 5) is 49.2. The summed E-state index contributed by atoms with van der Waals surface area (Å²) in [6, 6.07) is 7.68. The summed E-state index contributed by atoms with van der Waals surface area (Å²) < 4.78 is 10.8. The number of H-pyrrole nitrogens is 1. The summed E-state index contributed by atoms with van der Waals surface area (Å²) in [5.41, 5.74) is 0.285. The van der Waals surface area contributed by atoms with Crippen LogP contribution in [0.1, 0.15) is 23.0 Å². The smallest absolute Gasteiger partial charge is 0.293 e. The Morgan fingerprint density at radius 3 is 2.71 bits per heavy atom. The third kappa shape index (κ3) is 5.31. The number of ether oxygens (including phenoxy) is 2. The number of nitrogens with one attached hydrogen (secondary N) is 2. The first-order valence-electron chi connectivity index (χ1n) is 9.33. The third-order valence-corrected chi connectivity index (χ3v) is 5.10. The molecule has 2 heterocycles. The molecule has 3 rings (SSSR count). The van der Waals surface area contributed by atoms with Crippen molar-refractivity contribution in [3.63, 3.8) is 0 Å². The molecule has 1 aliphatic heterocycles. The minimum absolute atomic E-state index is 0.00367. The molecule has 1 fully saturated rings. The van der Waals surface area contributed by atoms with Crippen molar-refractivity contribution < 1.29 is 23.9 Å². The summed E-state index contributed by atoms with van der Waals surface area (Å²) in [6.45, 7) is 2.40. The average Bonchev–Trinajstić information content (AvgIpc) is 3.02. The highest BCUT2D eigenvalue weighted by Gasteiger charge is 2.34. The molecule has 1 saturated heterocycles. The molecular formula is C20H20N4O6S. The second kappa shape index (κ2) is 9.94. The van der Waals surface area contributed by atoms with Crippen LogP contribution in [0.2, 0.25) is 0 Å². The Kier molecular flexibility index (Phi) is 7.08. The molecule has 162 valence electrons. The molecule has 0 spiro atoms. The van der Waals surface area contributed by atoms with Crippen LogP contribution in [-0.2, 0) is 4.79 Å².